The van der Waals surface area contributed by atoms with E-state index in [4.69, 9.17) is 9.47 Å². The molecular formula is C23H42O6. The number of carbonyl (C=O) groups is 1. The SMILES string of the molecule is CCCCCCCC/C=C\CCCCCCCC(=O)OC1OC[C@@H](O)[C@@H](O)[C@@H]1O. The lowest BCUT2D eigenvalue weighted by atomic mass is 10.1. The topological polar surface area (TPSA) is 96.2 Å². The molecule has 0 aromatic heterocycles. The average Bonchev–Trinajstić information content (AvgIpc) is 2.71. The molecule has 1 saturated heterocycles. The molecule has 170 valence electrons. The van der Waals surface area contributed by atoms with Crippen molar-refractivity contribution in [3.8, 4) is 0 Å². The molecule has 3 N–H and O–H groups in total. The molecule has 0 radical (unpaired) electrons. The first-order valence-electron chi connectivity index (χ1n) is 11.6. The molecule has 0 amide bonds. The third kappa shape index (κ3) is 12.4. The van der Waals surface area contributed by atoms with Crippen LogP contribution >= 0.6 is 0 Å². The molecule has 6 heteroatoms. The number of allylic oxidation sites excluding steroid dienone is 2. The Morgan fingerprint density at radius 3 is 2.03 bits per heavy atom. The van der Waals surface area contributed by atoms with Gasteiger partial charge in [-0.05, 0) is 32.1 Å². The fourth-order valence-electron chi connectivity index (χ4n) is 3.41. The number of rotatable bonds is 16. The summed E-state index contributed by atoms with van der Waals surface area (Å²) in [7, 11) is 0. The second kappa shape index (κ2) is 16.8. The Hall–Kier alpha value is -0.950. The zero-order chi connectivity index (χ0) is 21.3. The van der Waals surface area contributed by atoms with Crippen LogP contribution < -0.4 is 0 Å². The molecule has 0 bridgehead atoms. The molecule has 0 aliphatic carbocycles. The maximum Gasteiger partial charge on any atom is 0.308 e. The van der Waals surface area contributed by atoms with E-state index in [0.717, 1.165) is 32.1 Å². The number of aliphatic hydroxyl groups excluding tert-OH is 3. The molecule has 1 aliphatic heterocycles. The van der Waals surface area contributed by atoms with Crippen molar-refractivity contribution in [1.29, 1.82) is 0 Å². The lowest BCUT2D eigenvalue weighted by Gasteiger charge is -2.34. The smallest absolute Gasteiger partial charge is 0.308 e. The van der Waals surface area contributed by atoms with Crippen LogP contribution in [-0.4, -0.2) is 52.5 Å². The van der Waals surface area contributed by atoms with E-state index in [0.29, 0.717) is 0 Å². The van der Waals surface area contributed by atoms with Crippen molar-refractivity contribution in [3.63, 3.8) is 0 Å². The zero-order valence-electron chi connectivity index (χ0n) is 18.1. The van der Waals surface area contributed by atoms with E-state index in [1.165, 1.54) is 51.4 Å². The van der Waals surface area contributed by atoms with E-state index in [1.54, 1.807) is 0 Å². The number of aliphatic hydroxyl groups is 3. The van der Waals surface area contributed by atoms with Crippen molar-refractivity contribution >= 4 is 5.97 Å². The Morgan fingerprint density at radius 1 is 0.862 bits per heavy atom. The van der Waals surface area contributed by atoms with Gasteiger partial charge in [-0.15, -0.1) is 0 Å². The summed E-state index contributed by atoms with van der Waals surface area (Å²) in [4.78, 5) is 11.8. The first-order chi connectivity index (χ1) is 14.1. The lowest BCUT2D eigenvalue weighted by molar-refractivity contribution is -0.262. The molecule has 1 heterocycles. The fraction of sp³-hybridized carbons (Fsp3) is 0.870. The van der Waals surface area contributed by atoms with Crippen LogP contribution in [0.3, 0.4) is 0 Å². The Morgan fingerprint density at radius 2 is 1.41 bits per heavy atom. The van der Waals surface area contributed by atoms with E-state index in [1.807, 2.05) is 0 Å². The predicted molar refractivity (Wildman–Crippen MR) is 113 cm³/mol. The van der Waals surface area contributed by atoms with Crippen molar-refractivity contribution in [3.05, 3.63) is 12.2 Å². The van der Waals surface area contributed by atoms with Gasteiger partial charge in [-0.2, -0.15) is 0 Å². The highest BCUT2D eigenvalue weighted by molar-refractivity contribution is 5.69. The summed E-state index contributed by atoms with van der Waals surface area (Å²) in [6.07, 6.45) is 15.3. The number of esters is 1. The van der Waals surface area contributed by atoms with Crippen LogP contribution in [0.15, 0.2) is 12.2 Å². The number of hydrogen-bond donors (Lipinski definition) is 3. The Labute approximate surface area is 176 Å². The summed E-state index contributed by atoms with van der Waals surface area (Å²) in [5.74, 6) is -0.449. The van der Waals surface area contributed by atoms with Crippen LogP contribution in [0, 0.1) is 0 Å². The summed E-state index contributed by atoms with van der Waals surface area (Å²) in [5.41, 5.74) is 0. The molecule has 1 rings (SSSR count). The second-order valence-corrected chi connectivity index (χ2v) is 8.07. The zero-order valence-corrected chi connectivity index (χ0v) is 18.1. The fourth-order valence-corrected chi connectivity index (χ4v) is 3.41. The van der Waals surface area contributed by atoms with Crippen molar-refractivity contribution in [1.82, 2.24) is 0 Å². The minimum absolute atomic E-state index is 0.163. The second-order valence-electron chi connectivity index (χ2n) is 8.07. The third-order valence-corrected chi connectivity index (χ3v) is 5.34. The molecule has 6 nitrogen and oxygen atoms in total. The van der Waals surface area contributed by atoms with Crippen molar-refractivity contribution < 1.29 is 29.6 Å². The summed E-state index contributed by atoms with van der Waals surface area (Å²) < 4.78 is 10.1. The van der Waals surface area contributed by atoms with E-state index in [2.05, 4.69) is 19.1 Å². The number of carbonyl (C=O) groups excluding carboxylic acids is 1. The van der Waals surface area contributed by atoms with Gasteiger partial charge in [0.2, 0.25) is 6.29 Å². The number of hydrogen-bond acceptors (Lipinski definition) is 6. The van der Waals surface area contributed by atoms with Crippen LogP contribution in [0.25, 0.3) is 0 Å². The van der Waals surface area contributed by atoms with Gasteiger partial charge in [-0.3, -0.25) is 4.79 Å². The molecule has 1 fully saturated rings. The summed E-state index contributed by atoms with van der Waals surface area (Å²) in [6.45, 7) is 2.08. The minimum Gasteiger partial charge on any atom is -0.433 e. The summed E-state index contributed by atoms with van der Waals surface area (Å²) >= 11 is 0. The first kappa shape index (κ1) is 26.1. The largest absolute Gasteiger partial charge is 0.433 e. The van der Waals surface area contributed by atoms with Gasteiger partial charge in [-0.25, -0.2) is 0 Å². The molecule has 1 unspecified atom stereocenters. The van der Waals surface area contributed by atoms with Crippen molar-refractivity contribution in [2.75, 3.05) is 6.61 Å². The van der Waals surface area contributed by atoms with E-state index < -0.39 is 30.6 Å². The van der Waals surface area contributed by atoms with Gasteiger partial charge in [0.15, 0.2) is 0 Å². The normalized spacial score (nSPS) is 24.8. The maximum atomic E-state index is 11.8. The van der Waals surface area contributed by atoms with Gasteiger partial charge in [0, 0.05) is 6.42 Å². The highest BCUT2D eigenvalue weighted by Gasteiger charge is 2.39. The monoisotopic (exact) mass is 414 g/mol. The minimum atomic E-state index is -1.42. The van der Waals surface area contributed by atoms with Gasteiger partial charge < -0.3 is 24.8 Å². The molecule has 0 aromatic rings. The van der Waals surface area contributed by atoms with Crippen LogP contribution in [0.1, 0.15) is 96.8 Å². The maximum absolute atomic E-state index is 11.8. The van der Waals surface area contributed by atoms with E-state index in [9.17, 15) is 20.1 Å². The van der Waals surface area contributed by atoms with Crippen LogP contribution in [0.5, 0.6) is 0 Å². The van der Waals surface area contributed by atoms with Crippen LogP contribution in [-0.2, 0) is 14.3 Å². The number of unbranched alkanes of at least 4 members (excludes halogenated alkanes) is 11. The van der Waals surface area contributed by atoms with Gasteiger partial charge in [-0.1, -0.05) is 70.4 Å². The van der Waals surface area contributed by atoms with E-state index in [-0.39, 0.29) is 13.0 Å². The molecule has 0 spiro atoms. The lowest BCUT2D eigenvalue weighted by Crippen LogP contribution is -2.54. The Bertz CT molecular complexity index is 439. The van der Waals surface area contributed by atoms with E-state index >= 15 is 0 Å². The van der Waals surface area contributed by atoms with Gasteiger partial charge in [0.05, 0.1) is 6.61 Å². The van der Waals surface area contributed by atoms with Gasteiger partial charge in [0.25, 0.3) is 0 Å². The highest BCUT2D eigenvalue weighted by atomic mass is 16.7. The van der Waals surface area contributed by atoms with Gasteiger partial charge >= 0.3 is 5.97 Å². The average molecular weight is 415 g/mol. The standard InChI is InChI=1S/C23H42O6/c1-2-3-4-5-6-7-8-9-10-11-12-13-14-15-16-17-20(25)29-23-22(27)21(26)19(24)18-28-23/h9-10,19,21-24,26-27H,2-8,11-18H2,1H3/b10-9-/t19-,21-,22+,23?/m1/s1. The highest BCUT2D eigenvalue weighted by Crippen LogP contribution is 2.18. The van der Waals surface area contributed by atoms with Gasteiger partial charge in [0.1, 0.15) is 18.3 Å². The summed E-state index contributed by atoms with van der Waals surface area (Å²) in [6, 6.07) is 0. The van der Waals surface area contributed by atoms with Crippen LogP contribution in [0.4, 0.5) is 0 Å². The van der Waals surface area contributed by atoms with Crippen molar-refractivity contribution in [2.45, 2.75) is 121 Å². The summed E-state index contributed by atoms with van der Waals surface area (Å²) in [5, 5.41) is 28.7. The quantitative estimate of drug-likeness (QED) is 0.201. The molecule has 1 aliphatic rings. The van der Waals surface area contributed by atoms with Crippen molar-refractivity contribution in [2.24, 2.45) is 0 Å². The molecule has 29 heavy (non-hydrogen) atoms. The molecule has 0 aromatic carbocycles. The molecular weight excluding hydrogens is 372 g/mol. The molecule has 4 atom stereocenters. The molecule has 0 saturated carbocycles. The van der Waals surface area contributed by atoms with Crippen LogP contribution in [0.2, 0.25) is 0 Å². The Balaban J connectivity index is 1.90. The number of ether oxygens (including phenoxy) is 2. The predicted octanol–water partition coefficient (Wildman–Crippen LogP) is 4.01. The third-order valence-electron chi connectivity index (χ3n) is 5.34. The Kier molecular flexibility index (Phi) is 15.1. The first-order valence-corrected chi connectivity index (χ1v) is 11.6.